The van der Waals surface area contributed by atoms with E-state index in [-0.39, 0.29) is 6.03 Å². The van der Waals surface area contributed by atoms with Crippen LogP contribution in [0.4, 0.5) is 4.79 Å². The summed E-state index contributed by atoms with van der Waals surface area (Å²) in [7, 11) is 0. The maximum Gasteiger partial charge on any atom is 0.317 e. The fourth-order valence-electron chi connectivity index (χ4n) is 2.03. The van der Waals surface area contributed by atoms with Crippen molar-refractivity contribution in [1.82, 2.24) is 10.2 Å². The first kappa shape index (κ1) is 8.85. The van der Waals surface area contributed by atoms with Crippen LogP contribution in [0.25, 0.3) is 0 Å². The Bertz CT molecular complexity index is 201. The van der Waals surface area contributed by atoms with Gasteiger partial charge in [0.1, 0.15) is 0 Å². The van der Waals surface area contributed by atoms with Crippen LogP contribution >= 0.6 is 0 Å². The highest BCUT2D eigenvalue weighted by Gasteiger charge is 2.29. The lowest BCUT2D eigenvalue weighted by molar-refractivity contribution is 0.160. The summed E-state index contributed by atoms with van der Waals surface area (Å²) in [5, 5.41) is 2.89. The molecule has 0 spiro atoms. The Morgan fingerprint density at radius 3 is 3.00 bits per heavy atom. The van der Waals surface area contributed by atoms with Gasteiger partial charge in [0.15, 0.2) is 0 Å². The molecule has 1 aliphatic carbocycles. The van der Waals surface area contributed by atoms with Crippen LogP contribution in [0.3, 0.4) is 0 Å². The van der Waals surface area contributed by atoms with Gasteiger partial charge in [-0.15, -0.1) is 0 Å². The van der Waals surface area contributed by atoms with Gasteiger partial charge in [-0.25, -0.2) is 4.79 Å². The zero-order valence-electron chi connectivity index (χ0n) is 8.25. The minimum atomic E-state index is 0.138. The smallest absolute Gasteiger partial charge is 0.317 e. The summed E-state index contributed by atoms with van der Waals surface area (Å²) in [5.41, 5.74) is 0. The summed E-state index contributed by atoms with van der Waals surface area (Å²) in [6, 6.07) is 0.576. The lowest BCUT2D eigenvalue weighted by atomic mass is 10.1. The molecule has 74 valence electrons. The van der Waals surface area contributed by atoms with Crippen molar-refractivity contribution in [3.05, 3.63) is 0 Å². The molecule has 2 rings (SSSR count). The average Bonchev–Trinajstić information content (AvgIpc) is 2.89. The minimum Gasteiger partial charge on any atom is -0.338 e. The first-order valence-electron chi connectivity index (χ1n) is 5.32. The van der Waals surface area contributed by atoms with Gasteiger partial charge in [-0.05, 0) is 25.7 Å². The van der Waals surface area contributed by atoms with Crippen molar-refractivity contribution in [3.63, 3.8) is 0 Å². The molecular formula is C10H18N2O. The lowest BCUT2D eigenvalue weighted by Crippen LogP contribution is -2.50. The summed E-state index contributed by atoms with van der Waals surface area (Å²) < 4.78 is 0. The fourth-order valence-corrected chi connectivity index (χ4v) is 2.03. The van der Waals surface area contributed by atoms with Crippen molar-refractivity contribution in [3.8, 4) is 0 Å². The zero-order chi connectivity index (χ0) is 9.26. The van der Waals surface area contributed by atoms with Gasteiger partial charge in [-0.2, -0.15) is 0 Å². The van der Waals surface area contributed by atoms with E-state index in [4.69, 9.17) is 0 Å². The summed E-state index contributed by atoms with van der Waals surface area (Å²) in [5.74, 6) is 0.907. The van der Waals surface area contributed by atoms with Crippen LogP contribution in [0.5, 0.6) is 0 Å². The topological polar surface area (TPSA) is 32.3 Å². The minimum absolute atomic E-state index is 0.138. The van der Waals surface area contributed by atoms with Gasteiger partial charge in [-0.3, -0.25) is 0 Å². The monoisotopic (exact) mass is 182 g/mol. The standard InChI is InChI=1S/C10H18N2O/c1-8(7-9-3-4-9)12-6-2-5-11-10(12)13/h8-9H,2-7H2,1H3,(H,11,13). The summed E-state index contributed by atoms with van der Waals surface area (Å²) in [6.45, 7) is 3.97. The van der Waals surface area contributed by atoms with E-state index in [1.807, 2.05) is 4.90 Å². The highest BCUT2D eigenvalue weighted by Crippen LogP contribution is 2.34. The molecule has 0 aromatic heterocycles. The number of hydrogen-bond acceptors (Lipinski definition) is 1. The SMILES string of the molecule is CC(CC1CC1)N1CCCNC1=O. The third-order valence-electron chi connectivity index (χ3n) is 3.02. The van der Waals surface area contributed by atoms with E-state index in [0.29, 0.717) is 6.04 Å². The van der Waals surface area contributed by atoms with E-state index >= 15 is 0 Å². The molecule has 1 aliphatic heterocycles. The Hall–Kier alpha value is -0.730. The number of nitrogens with zero attached hydrogens (tertiary/aromatic N) is 1. The Morgan fingerprint density at radius 2 is 2.38 bits per heavy atom. The first-order valence-corrected chi connectivity index (χ1v) is 5.32. The van der Waals surface area contributed by atoms with Crippen LogP contribution in [0.1, 0.15) is 32.6 Å². The number of hydrogen-bond donors (Lipinski definition) is 1. The van der Waals surface area contributed by atoms with Gasteiger partial charge in [0.25, 0.3) is 0 Å². The molecule has 1 unspecified atom stereocenters. The zero-order valence-corrected chi connectivity index (χ0v) is 8.25. The second-order valence-corrected chi connectivity index (χ2v) is 4.31. The highest BCUT2D eigenvalue weighted by molar-refractivity contribution is 5.75. The molecule has 1 atom stereocenters. The van der Waals surface area contributed by atoms with Crippen molar-refractivity contribution in [2.75, 3.05) is 13.1 Å². The van der Waals surface area contributed by atoms with E-state index in [0.717, 1.165) is 25.4 Å². The van der Waals surface area contributed by atoms with Gasteiger partial charge < -0.3 is 10.2 Å². The molecule has 1 N–H and O–H groups in total. The number of carbonyl (C=O) groups excluding carboxylic acids is 1. The molecule has 0 aromatic rings. The van der Waals surface area contributed by atoms with E-state index < -0.39 is 0 Å². The summed E-state index contributed by atoms with van der Waals surface area (Å²) in [4.78, 5) is 13.4. The molecule has 3 heteroatoms. The van der Waals surface area contributed by atoms with Gasteiger partial charge in [-0.1, -0.05) is 12.8 Å². The third-order valence-corrected chi connectivity index (χ3v) is 3.02. The fraction of sp³-hybridized carbons (Fsp3) is 0.900. The summed E-state index contributed by atoms with van der Waals surface area (Å²) >= 11 is 0. The number of amides is 2. The molecule has 1 saturated heterocycles. The van der Waals surface area contributed by atoms with Gasteiger partial charge in [0.05, 0.1) is 0 Å². The van der Waals surface area contributed by atoms with Crippen LogP contribution < -0.4 is 5.32 Å². The van der Waals surface area contributed by atoms with Crippen LogP contribution in [-0.4, -0.2) is 30.1 Å². The Kier molecular flexibility index (Phi) is 2.42. The molecule has 13 heavy (non-hydrogen) atoms. The number of rotatable bonds is 3. The summed E-state index contributed by atoms with van der Waals surface area (Å²) in [6.07, 6.45) is 5.05. The first-order chi connectivity index (χ1) is 6.27. The van der Waals surface area contributed by atoms with Crippen molar-refractivity contribution < 1.29 is 4.79 Å². The maximum atomic E-state index is 11.5. The van der Waals surface area contributed by atoms with Crippen molar-refractivity contribution in [2.24, 2.45) is 5.92 Å². The van der Waals surface area contributed by atoms with Gasteiger partial charge in [0.2, 0.25) is 0 Å². The lowest BCUT2D eigenvalue weighted by Gasteiger charge is -2.32. The number of urea groups is 1. The predicted octanol–water partition coefficient (Wildman–Crippen LogP) is 1.59. The van der Waals surface area contributed by atoms with Crippen molar-refractivity contribution in [1.29, 1.82) is 0 Å². The second kappa shape index (κ2) is 3.56. The molecule has 2 amide bonds. The normalized spacial score (nSPS) is 25.6. The molecule has 2 fully saturated rings. The molecule has 1 saturated carbocycles. The van der Waals surface area contributed by atoms with Crippen LogP contribution in [0.2, 0.25) is 0 Å². The van der Waals surface area contributed by atoms with E-state index in [2.05, 4.69) is 12.2 Å². The maximum absolute atomic E-state index is 11.5. The Morgan fingerprint density at radius 1 is 1.62 bits per heavy atom. The van der Waals surface area contributed by atoms with Gasteiger partial charge >= 0.3 is 6.03 Å². The molecule has 3 nitrogen and oxygen atoms in total. The Labute approximate surface area is 79.5 Å². The third kappa shape index (κ3) is 2.14. The molecule has 1 heterocycles. The van der Waals surface area contributed by atoms with E-state index in [1.165, 1.54) is 19.3 Å². The van der Waals surface area contributed by atoms with E-state index in [9.17, 15) is 4.79 Å². The number of carbonyl (C=O) groups is 1. The van der Waals surface area contributed by atoms with Crippen molar-refractivity contribution in [2.45, 2.75) is 38.6 Å². The van der Waals surface area contributed by atoms with Gasteiger partial charge in [0, 0.05) is 19.1 Å². The quantitative estimate of drug-likeness (QED) is 0.706. The van der Waals surface area contributed by atoms with Crippen LogP contribution in [0, 0.1) is 5.92 Å². The molecular weight excluding hydrogens is 164 g/mol. The van der Waals surface area contributed by atoms with Crippen LogP contribution in [0.15, 0.2) is 0 Å². The molecule has 0 bridgehead atoms. The molecule has 0 radical (unpaired) electrons. The van der Waals surface area contributed by atoms with Crippen molar-refractivity contribution >= 4 is 6.03 Å². The molecule has 0 aromatic carbocycles. The Balaban J connectivity index is 1.84. The second-order valence-electron chi connectivity index (χ2n) is 4.31. The average molecular weight is 182 g/mol. The predicted molar refractivity (Wildman–Crippen MR) is 51.5 cm³/mol. The molecule has 2 aliphatic rings. The highest BCUT2D eigenvalue weighted by atomic mass is 16.2. The van der Waals surface area contributed by atoms with Crippen LogP contribution in [-0.2, 0) is 0 Å². The largest absolute Gasteiger partial charge is 0.338 e. The van der Waals surface area contributed by atoms with E-state index in [1.54, 1.807) is 0 Å². The number of nitrogens with one attached hydrogen (secondary N) is 1.